The first-order valence-electron chi connectivity index (χ1n) is 4.28. The number of hydrogen-bond donors (Lipinski definition) is 0. The van der Waals surface area contributed by atoms with Gasteiger partial charge in [0.25, 0.3) is 0 Å². The van der Waals surface area contributed by atoms with Gasteiger partial charge in [-0.05, 0) is 56.1 Å². The number of aromatic nitrogens is 1. The van der Waals surface area contributed by atoms with Crippen LogP contribution in [0.15, 0.2) is 44.5 Å². The Labute approximate surface area is 104 Å². The van der Waals surface area contributed by atoms with Gasteiger partial charge in [0, 0.05) is 24.0 Å². The maximum Gasteiger partial charge on any atom is 0.136 e. The topological polar surface area (TPSA) is 26.0 Å². The van der Waals surface area contributed by atoms with Gasteiger partial charge in [-0.2, -0.15) is 0 Å². The molecule has 2 nitrogen and oxygen atoms in total. The van der Waals surface area contributed by atoms with E-state index in [9.17, 15) is 0 Å². The highest BCUT2D eigenvalue weighted by atomic mass is 79.9. The summed E-state index contributed by atoms with van der Waals surface area (Å²) in [7, 11) is 0. The Morgan fingerprint density at radius 3 is 2.80 bits per heavy atom. The molecule has 2 heterocycles. The van der Waals surface area contributed by atoms with Gasteiger partial charge in [-0.1, -0.05) is 0 Å². The maximum atomic E-state index is 5.60. The largest absolute Gasteiger partial charge is 0.457 e. The highest BCUT2D eigenvalue weighted by Gasteiger charge is 2.02. The zero-order valence-electron chi connectivity index (χ0n) is 7.65. The van der Waals surface area contributed by atoms with Crippen LogP contribution in [-0.4, -0.2) is 4.98 Å². The molecule has 15 heavy (non-hydrogen) atoms. The van der Waals surface area contributed by atoms with Crippen molar-refractivity contribution in [3.8, 4) is 11.3 Å². The summed E-state index contributed by atoms with van der Waals surface area (Å²) in [6.07, 6.45) is 5.36. The van der Waals surface area contributed by atoms with E-state index >= 15 is 0 Å². The molecule has 76 valence electrons. The number of pyridine rings is 1. The molecule has 0 aromatic carbocycles. The van der Waals surface area contributed by atoms with Crippen molar-refractivity contribution in [2.45, 2.75) is 0 Å². The van der Waals surface area contributed by atoms with E-state index in [1.807, 2.05) is 30.3 Å². The lowest BCUT2D eigenvalue weighted by molar-refractivity contribution is 0.571. The van der Waals surface area contributed by atoms with Gasteiger partial charge in [0.1, 0.15) is 11.5 Å². The lowest BCUT2D eigenvalue weighted by Gasteiger charge is -1.93. The molecule has 0 saturated carbocycles. The van der Waals surface area contributed by atoms with E-state index in [1.54, 1.807) is 12.4 Å². The molecule has 2 aromatic rings. The standard InChI is InChI=1S/C11H7Br2NO/c12-11(13)6-9-3-4-10(15-9)8-2-1-5-14-7-8/h1-7H. The predicted molar refractivity (Wildman–Crippen MR) is 67.8 cm³/mol. The van der Waals surface area contributed by atoms with Crippen molar-refractivity contribution in [3.63, 3.8) is 0 Å². The third kappa shape index (κ3) is 2.79. The van der Waals surface area contributed by atoms with Gasteiger partial charge in [-0.25, -0.2) is 0 Å². The third-order valence-electron chi connectivity index (χ3n) is 1.82. The van der Waals surface area contributed by atoms with Gasteiger partial charge in [0.05, 0.1) is 3.39 Å². The predicted octanol–water partition coefficient (Wildman–Crippen LogP) is 4.43. The van der Waals surface area contributed by atoms with Gasteiger partial charge in [-0.15, -0.1) is 0 Å². The van der Waals surface area contributed by atoms with E-state index in [0.717, 1.165) is 20.5 Å². The van der Waals surface area contributed by atoms with Crippen LogP contribution in [0.1, 0.15) is 5.76 Å². The number of furan rings is 1. The van der Waals surface area contributed by atoms with Gasteiger partial charge >= 0.3 is 0 Å². The lowest BCUT2D eigenvalue weighted by atomic mass is 10.2. The van der Waals surface area contributed by atoms with Crippen LogP contribution in [0.4, 0.5) is 0 Å². The molecular formula is C11H7Br2NO. The molecule has 0 N–H and O–H groups in total. The molecule has 0 bridgehead atoms. The average Bonchev–Trinajstić information content (AvgIpc) is 2.67. The van der Waals surface area contributed by atoms with Crippen molar-refractivity contribution in [1.82, 2.24) is 4.98 Å². The normalized spacial score (nSPS) is 10.0. The average molecular weight is 329 g/mol. The molecule has 0 unspecified atom stereocenters. The molecule has 0 aliphatic carbocycles. The molecule has 2 rings (SSSR count). The Bertz CT molecular complexity index is 472. The quantitative estimate of drug-likeness (QED) is 0.815. The van der Waals surface area contributed by atoms with Crippen LogP contribution >= 0.6 is 31.9 Å². The summed E-state index contributed by atoms with van der Waals surface area (Å²) in [5, 5.41) is 0. The summed E-state index contributed by atoms with van der Waals surface area (Å²) >= 11 is 6.56. The van der Waals surface area contributed by atoms with Crippen LogP contribution in [0.2, 0.25) is 0 Å². The zero-order valence-corrected chi connectivity index (χ0v) is 10.8. The summed E-state index contributed by atoms with van der Waals surface area (Å²) in [4.78, 5) is 4.04. The Balaban J connectivity index is 2.32. The Morgan fingerprint density at radius 1 is 1.27 bits per heavy atom. The Hall–Kier alpha value is -0.870. The van der Waals surface area contributed by atoms with E-state index in [-0.39, 0.29) is 0 Å². The summed E-state index contributed by atoms with van der Waals surface area (Å²) in [6.45, 7) is 0. The van der Waals surface area contributed by atoms with Gasteiger partial charge in [0.2, 0.25) is 0 Å². The summed E-state index contributed by atoms with van der Waals surface area (Å²) < 4.78 is 6.45. The highest BCUT2D eigenvalue weighted by Crippen LogP contribution is 2.24. The summed E-state index contributed by atoms with van der Waals surface area (Å²) in [6, 6.07) is 7.67. The Morgan fingerprint density at radius 2 is 2.13 bits per heavy atom. The summed E-state index contributed by atoms with van der Waals surface area (Å²) in [5.41, 5.74) is 0.975. The Kier molecular flexibility index (Phi) is 3.38. The highest BCUT2D eigenvalue weighted by molar-refractivity contribution is 9.28. The van der Waals surface area contributed by atoms with Gasteiger partial charge < -0.3 is 4.42 Å². The molecule has 0 saturated heterocycles. The molecule has 2 aromatic heterocycles. The first kappa shape index (κ1) is 10.6. The molecule has 0 radical (unpaired) electrons. The van der Waals surface area contributed by atoms with Crippen LogP contribution in [0, 0.1) is 0 Å². The molecule has 0 aliphatic heterocycles. The fraction of sp³-hybridized carbons (Fsp3) is 0. The van der Waals surface area contributed by atoms with Crippen molar-refractivity contribution in [2.75, 3.05) is 0 Å². The number of halogens is 2. The minimum Gasteiger partial charge on any atom is -0.457 e. The second-order valence-electron chi connectivity index (χ2n) is 2.88. The monoisotopic (exact) mass is 327 g/mol. The zero-order chi connectivity index (χ0) is 10.7. The van der Waals surface area contributed by atoms with Crippen molar-refractivity contribution >= 4 is 37.9 Å². The number of nitrogens with zero attached hydrogens (tertiary/aromatic N) is 1. The first-order valence-corrected chi connectivity index (χ1v) is 5.87. The third-order valence-corrected chi connectivity index (χ3v) is 2.28. The van der Waals surface area contributed by atoms with E-state index in [1.165, 1.54) is 0 Å². The molecule has 0 aliphatic rings. The van der Waals surface area contributed by atoms with E-state index < -0.39 is 0 Å². The van der Waals surface area contributed by atoms with Crippen molar-refractivity contribution in [2.24, 2.45) is 0 Å². The minimum atomic E-state index is 0.789. The van der Waals surface area contributed by atoms with Crippen molar-refractivity contribution < 1.29 is 4.42 Å². The van der Waals surface area contributed by atoms with Gasteiger partial charge in [0.15, 0.2) is 0 Å². The SMILES string of the molecule is BrC(Br)=Cc1ccc(-c2cccnc2)o1. The van der Waals surface area contributed by atoms with Crippen LogP contribution < -0.4 is 0 Å². The van der Waals surface area contributed by atoms with Crippen LogP contribution in [0.3, 0.4) is 0 Å². The van der Waals surface area contributed by atoms with Crippen molar-refractivity contribution in [3.05, 3.63) is 45.8 Å². The first-order chi connectivity index (χ1) is 7.25. The van der Waals surface area contributed by atoms with E-state index in [4.69, 9.17) is 4.42 Å². The molecule has 0 amide bonds. The van der Waals surface area contributed by atoms with Crippen LogP contribution in [-0.2, 0) is 0 Å². The smallest absolute Gasteiger partial charge is 0.136 e. The van der Waals surface area contributed by atoms with Gasteiger partial charge in [-0.3, -0.25) is 4.98 Å². The van der Waals surface area contributed by atoms with Crippen LogP contribution in [0.25, 0.3) is 17.4 Å². The molecule has 0 atom stereocenters. The van der Waals surface area contributed by atoms with E-state index in [0.29, 0.717) is 0 Å². The fourth-order valence-electron chi connectivity index (χ4n) is 1.20. The van der Waals surface area contributed by atoms with Crippen molar-refractivity contribution in [1.29, 1.82) is 0 Å². The lowest BCUT2D eigenvalue weighted by Crippen LogP contribution is -1.74. The second-order valence-corrected chi connectivity index (χ2v) is 5.65. The maximum absolute atomic E-state index is 5.60. The molecule has 0 fully saturated rings. The molecule has 0 spiro atoms. The summed E-state index contributed by atoms with van der Waals surface area (Å²) in [5.74, 6) is 1.60. The fourth-order valence-corrected chi connectivity index (χ4v) is 1.65. The molecule has 4 heteroatoms. The second kappa shape index (κ2) is 4.77. The van der Waals surface area contributed by atoms with Crippen LogP contribution in [0.5, 0.6) is 0 Å². The number of hydrogen-bond acceptors (Lipinski definition) is 2. The van der Waals surface area contributed by atoms with E-state index in [2.05, 4.69) is 36.8 Å². The number of rotatable bonds is 2. The minimum absolute atomic E-state index is 0.789. The molecular weight excluding hydrogens is 322 g/mol.